The van der Waals surface area contributed by atoms with Gasteiger partial charge in [-0.3, -0.25) is 0 Å². The number of hydrogen-bond donors (Lipinski definition) is 0. The third-order valence-electron chi connectivity index (χ3n) is 9.13. The van der Waals surface area contributed by atoms with E-state index in [1.54, 1.807) is 18.2 Å². The van der Waals surface area contributed by atoms with Gasteiger partial charge in [0.25, 0.3) is 0 Å². The first kappa shape index (κ1) is 22.0. The largest absolute Gasteiger partial charge is 0.455 e. The van der Waals surface area contributed by atoms with Gasteiger partial charge in [-0.05, 0) is 69.3 Å². The summed E-state index contributed by atoms with van der Waals surface area (Å²) in [6.07, 6.45) is 1.48. The van der Waals surface area contributed by atoms with Gasteiger partial charge in [0, 0.05) is 27.3 Å². The molecule has 0 amide bonds. The summed E-state index contributed by atoms with van der Waals surface area (Å²) in [4.78, 5) is 9.26. The van der Waals surface area contributed by atoms with Crippen molar-refractivity contribution >= 4 is 44.0 Å². The van der Waals surface area contributed by atoms with Crippen molar-refractivity contribution in [2.45, 2.75) is 0 Å². The molecule has 0 aliphatic heterocycles. The highest BCUT2D eigenvalue weighted by Gasteiger charge is 2.18. The molecule has 3 aromatic heterocycles. The summed E-state index contributed by atoms with van der Waals surface area (Å²) in [5, 5.41) is 0.889. The third kappa shape index (κ3) is 4.69. The van der Waals surface area contributed by atoms with Crippen LogP contribution in [-0.4, -0.2) is 9.97 Å². The Labute approximate surface area is 297 Å². The average molecular weight is 648 g/mol. The van der Waals surface area contributed by atoms with Gasteiger partial charge in [-0.2, -0.15) is 0 Å². The van der Waals surface area contributed by atoms with E-state index >= 15 is 0 Å². The van der Waals surface area contributed by atoms with Crippen molar-refractivity contribution in [1.82, 2.24) is 9.97 Å². The molecule has 3 heterocycles. The summed E-state index contributed by atoms with van der Waals surface area (Å²) in [5.74, 6) is 0. The predicted octanol–water partition coefficient (Wildman–Crippen LogP) is 12.6. The van der Waals surface area contributed by atoms with Crippen LogP contribution in [0.5, 0.6) is 0 Å². The minimum atomic E-state index is -0.469. The average Bonchev–Trinajstić information content (AvgIpc) is 3.84. The zero-order valence-electron chi connectivity index (χ0n) is 33.3. The highest BCUT2D eigenvalue weighted by molar-refractivity contribution is 6.10. The van der Waals surface area contributed by atoms with Crippen LogP contribution in [0.4, 0.5) is 0 Å². The number of hydrogen-bond acceptors (Lipinski definition) is 4. The molecule has 0 N–H and O–H groups in total. The maximum Gasteiger partial charge on any atom is 0.180 e. The molecule has 234 valence electrons. The van der Waals surface area contributed by atoms with Crippen LogP contribution in [0.15, 0.2) is 179 Å². The molecule has 0 saturated carbocycles. The lowest BCUT2D eigenvalue weighted by molar-refractivity contribution is 0.667. The second kappa shape index (κ2) is 11.4. The zero-order valence-corrected chi connectivity index (χ0v) is 26.3. The Balaban J connectivity index is 1.06. The molecule has 0 atom stereocenters. The molecule has 0 radical (unpaired) electrons. The number of nitrogens with zero attached hydrogens (tertiary/aromatic N) is 2. The highest BCUT2D eigenvalue weighted by atomic mass is 16.3. The van der Waals surface area contributed by atoms with E-state index in [9.17, 15) is 0 Å². The standard InChI is InChI=1S/C46H28N2O2/c1-2-9-29(10-3-1)30-19-21-31(22-20-30)32-11-6-12-33(25-32)34-23-24-42-40(27-34)44-46(50-42)43(47-28-48-44)36-14-7-13-35(26-36)37-16-8-17-39-38-15-4-5-18-41(38)49-45(37)39/h1-28H/i4D,5D,8D,15D,16D,17D,18D. The van der Waals surface area contributed by atoms with E-state index in [1.165, 1.54) is 11.9 Å². The van der Waals surface area contributed by atoms with Crippen molar-refractivity contribution in [1.29, 1.82) is 0 Å². The number of rotatable bonds is 5. The zero-order chi connectivity index (χ0) is 39.1. The fourth-order valence-electron chi connectivity index (χ4n) is 6.68. The fraction of sp³-hybridized carbons (Fsp3) is 0. The van der Waals surface area contributed by atoms with Gasteiger partial charge in [-0.15, -0.1) is 0 Å². The molecule has 50 heavy (non-hydrogen) atoms. The van der Waals surface area contributed by atoms with E-state index in [4.69, 9.17) is 18.4 Å². The van der Waals surface area contributed by atoms with Crippen molar-refractivity contribution in [3.63, 3.8) is 0 Å². The van der Waals surface area contributed by atoms with Crippen molar-refractivity contribution in [3.05, 3.63) is 170 Å². The molecule has 0 unspecified atom stereocenters. The Kier molecular flexibility index (Phi) is 5.02. The van der Waals surface area contributed by atoms with Crippen LogP contribution >= 0.6 is 0 Å². The summed E-state index contributed by atoms with van der Waals surface area (Å²) >= 11 is 0. The summed E-state index contributed by atoms with van der Waals surface area (Å²) in [7, 11) is 0. The number of para-hydroxylation sites is 2. The topological polar surface area (TPSA) is 52.1 Å². The fourth-order valence-corrected chi connectivity index (χ4v) is 6.68. The number of furan rings is 2. The lowest BCUT2D eigenvalue weighted by Gasteiger charge is -2.08. The molecule has 10 aromatic rings. The minimum absolute atomic E-state index is 0.00952. The SMILES string of the molecule is [2H]c1c([2H])c([2H])c2c(oc3c(-c4cccc(-c5ncnc6c5oc5ccc(-c7cccc(-c8ccc(-c9ccccc9)cc8)c7)cc56)c4)c([2H])c([2H])c([2H])c32)c1[2H]. The summed E-state index contributed by atoms with van der Waals surface area (Å²) < 4.78 is 72.2. The van der Waals surface area contributed by atoms with Crippen molar-refractivity contribution < 1.29 is 18.4 Å². The van der Waals surface area contributed by atoms with Gasteiger partial charge in [-0.1, -0.05) is 133 Å². The van der Waals surface area contributed by atoms with Crippen LogP contribution in [0.3, 0.4) is 0 Å². The van der Waals surface area contributed by atoms with E-state index in [0.29, 0.717) is 33.5 Å². The Morgan fingerprint density at radius 2 is 1.04 bits per heavy atom. The van der Waals surface area contributed by atoms with E-state index in [1.807, 2.05) is 36.4 Å². The van der Waals surface area contributed by atoms with Crippen molar-refractivity contribution in [2.24, 2.45) is 0 Å². The molecule has 0 bridgehead atoms. The first-order valence-electron chi connectivity index (χ1n) is 19.6. The number of fused-ring (bicyclic) bond motifs is 6. The minimum Gasteiger partial charge on any atom is -0.455 e. The van der Waals surface area contributed by atoms with E-state index in [-0.39, 0.29) is 51.7 Å². The molecule has 0 aliphatic rings. The van der Waals surface area contributed by atoms with Crippen LogP contribution in [0, 0.1) is 0 Å². The summed E-state index contributed by atoms with van der Waals surface area (Å²) in [6.45, 7) is 0. The van der Waals surface area contributed by atoms with Gasteiger partial charge < -0.3 is 8.83 Å². The van der Waals surface area contributed by atoms with E-state index < -0.39 is 18.1 Å². The third-order valence-corrected chi connectivity index (χ3v) is 9.13. The molecule has 10 rings (SSSR count). The Morgan fingerprint density at radius 1 is 0.420 bits per heavy atom. The molecule has 7 aromatic carbocycles. The van der Waals surface area contributed by atoms with Crippen molar-refractivity contribution in [3.8, 4) is 55.8 Å². The van der Waals surface area contributed by atoms with Crippen LogP contribution in [-0.2, 0) is 0 Å². The lowest BCUT2D eigenvalue weighted by atomic mass is 9.96. The normalized spacial score (nSPS) is 13.6. The number of aromatic nitrogens is 2. The van der Waals surface area contributed by atoms with Gasteiger partial charge in [0.15, 0.2) is 5.58 Å². The molecule has 0 fully saturated rings. The second-order valence-corrected chi connectivity index (χ2v) is 12.1. The summed E-state index contributed by atoms with van der Waals surface area (Å²) in [6, 6.07) is 37.8. The first-order valence-corrected chi connectivity index (χ1v) is 16.1. The van der Waals surface area contributed by atoms with Crippen LogP contribution < -0.4 is 0 Å². The van der Waals surface area contributed by atoms with Gasteiger partial charge in [-0.25, -0.2) is 9.97 Å². The first-order chi connectivity index (χ1) is 27.7. The van der Waals surface area contributed by atoms with Crippen LogP contribution in [0.25, 0.3) is 99.8 Å². The molecule has 4 nitrogen and oxygen atoms in total. The highest BCUT2D eigenvalue weighted by Crippen LogP contribution is 2.39. The summed E-state index contributed by atoms with van der Waals surface area (Å²) in [5.41, 5.74) is 10.1. The molecule has 4 heteroatoms. The van der Waals surface area contributed by atoms with E-state index in [2.05, 4.69) is 76.7 Å². The Bertz CT molecular complexity index is 3270. The molecule has 0 saturated heterocycles. The Morgan fingerprint density at radius 3 is 1.90 bits per heavy atom. The molecular formula is C46H28N2O2. The molecular weight excluding hydrogens is 613 g/mol. The molecule has 0 spiro atoms. The van der Waals surface area contributed by atoms with Crippen LogP contribution in [0.1, 0.15) is 9.60 Å². The monoisotopic (exact) mass is 647 g/mol. The van der Waals surface area contributed by atoms with Crippen LogP contribution in [0.2, 0.25) is 0 Å². The van der Waals surface area contributed by atoms with E-state index in [0.717, 1.165) is 33.2 Å². The van der Waals surface area contributed by atoms with Gasteiger partial charge in [0.1, 0.15) is 34.3 Å². The van der Waals surface area contributed by atoms with Gasteiger partial charge in [0.2, 0.25) is 0 Å². The second-order valence-electron chi connectivity index (χ2n) is 12.1. The molecule has 0 aliphatic carbocycles. The van der Waals surface area contributed by atoms with Gasteiger partial charge >= 0.3 is 0 Å². The smallest absolute Gasteiger partial charge is 0.180 e. The van der Waals surface area contributed by atoms with Gasteiger partial charge in [0.05, 0.1) is 9.60 Å². The lowest BCUT2D eigenvalue weighted by Crippen LogP contribution is -1.88. The number of benzene rings is 7. The quantitative estimate of drug-likeness (QED) is 0.186. The van der Waals surface area contributed by atoms with Crippen molar-refractivity contribution in [2.75, 3.05) is 0 Å². The maximum atomic E-state index is 8.92. The predicted molar refractivity (Wildman–Crippen MR) is 204 cm³/mol. The maximum absolute atomic E-state index is 8.92. The Hall–Kier alpha value is -6.78.